The number of carbonyl (C=O) groups is 1. The quantitative estimate of drug-likeness (QED) is 0.588. The molecule has 0 bridgehead atoms. The zero-order chi connectivity index (χ0) is 13.8. The highest BCUT2D eigenvalue weighted by Crippen LogP contribution is 2.25. The van der Waals surface area contributed by atoms with E-state index in [9.17, 15) is 4.79 Å². The molecule has 1 heterocycles. The Morgan fingerprint density at radius 3 is 2.84 bits per heavy atom. The van der Waals surface area contributed by atoms with Gasteiger partial charge in [0.25, 0.3) is 5.91 Å². The number of nitrogens with one attached hydrogen (secondary N) is 2. The molecule has 2 rings (SSSR count). The fraction of sp³-hybridized carbons (Fsp3) is 0. The molecule has 0 unspecified atom stereocenters. The van der Waals surface area contributed by atoms with Gasteiger partial charge in [-0.3, -0.25) is 9.78 Å². The second-order valence-electron chi connectivity index (χ2n) is 3.52. The summed E-state index contributed by atoms with van der Waals surface area (Å²) in [4.78, 5) is 19.8. The van der Waals surface area contributed by atoms with Crippen molar-refractivity contribution in [3.8, 4) is 0 Å². The van der Waals surface area contributed by atoms with Gasteiger partial charge < -0.3 is 10.7 Å². The number of carbonyl (C=O) groups excluding carboxylic acids is 1. The zero-order valence-electron chi connectivity index (χ0n) is 9.52. The van der Waals surface area contributed by atoms with Crippen molar-refractivity contribution in [2.45, 2.75) is 0 Å². The smallest absolute Gasteiger partial charge is 0.275 e. The summed E-state index contributed by atoms with van der Waals surface area (Å²) < 4.78 is 0.690. The van der Waals surface area contributed by atoms with Gasteiger partial charge in [0, 0.05) is 10.2 Å². The van der Waals surface area contributed by atoms with Gasteiger partial charge in [0.1, 0.15) is 5.69 Å². The molecule has 0 atom stereocenters. The van der Waals surface area contributed by atoms with Gasteiger partial charge in [-0.25, -0.2) is 10.8 Å². The number of amides is 1. The third-order valence-corrected chi connectivity index (χ3v) is 3.41. The van der Waals surface area contributed by atoms with Crippen LogP contribution < -0.4 is 16.6 Å². The molecule has 0 spiro atoms. The molecule has 0 radical (unpaired) electrons. The molecule has 8 heteroatoms. The first-order chi connectivity index (χ1) is 9.10. The van der Waals surface area contributed by atoms with Crippen molar-refractivity contribution < 1.29 is 4.79 Å². The van der Waals surface area contributed by atoms with Gasteiger partial charge in [0.05, 0.1) is 17.4 Å². The molecule has 0 aliphatic heterocycles. The Labute approximate surface area is 122 Å². The van der Waals surface area contributed by atoms with E-state index < -0.39 is 0 Å². The summed E-state index contributed by atoms with van der Waals surface area (Å²) >= 11 is 9.15. The minimum Gasteiger partial charge on any atom is -0.321 e. The normalized spacial score (nSPS) is 10.1. The molecule has 0 aliphatic rings. The van der Waals surface area contributed by atoms with E-state index in [4.69, 9.17) is 17.4 Å². The molecule has 2 aromatic rings. The highest BCUT2D eigenvalue weighted by atomic mass is 79.9. The van der Waals surface area contributed by atoms with Gasteiger partial charge in [-0.2, -0.15) is 0 Å². The molecule has 0 fully saturated rings. The number of halogens is 2. The molecule has 6 nitrogen and oxygen atoms in total. The van der Waals surface area contributed by atoms with Crippen molar-refractivity contribution in [1.29, 1.82) is 0 Å². The van der Waals surface area contributed by atoms with Crippen LogP contribution in [0.3, 0.4) is 0 Å². The van der Waals surface area contributed by atoms with Crippen LogP contribution in [0, 0.1) is 0 Å². The number of anilines is 2. The van der Waals surface area contributed by atoms with E-state index in [0.29, 0.717) is 21.0 Å². The lowest BCUT2D eigenvalue weighted by atomic mass is 10.3. The summed E-state index contributed by atoms with van der Waals surface area (Å²) in [5.41, 5.74) is 3.07. The first kappa shape index (κ1) is 13.7. The van der Waals surface area contributed by atoms with Gasteiger partial charge in [0.15, 0.2) is 5.82 Å². The third-order valence-electron chi connectivity index (χ3n) is 2.19. The Kier molecular flexibility index (Phi) is 4.31. The second kappa shape index (κ2) is 5.96. The molecule has 19 heavy (non-hydrogen) atoms. The number of aromatic nitrogens is 2. The standard InChI is InChI=1S/C11H9BrClN5O/c12-7-3-6(1-2-8(7)13)16-11(19)9-4-15-5-10(17-9)18-14/h1-5H,14H2,(H,16,19)(H,17,18). The van der Waals surface area contributed by atoms with Crippen LogP contribution in [0.2, 0.25) is 5.02 Å². The maximum Gasteiger partial charge on any atom is 0.275 e. The summed E-state index contributed by atoms with van der Waals surface area (Å²) in [6, 6.07) is 5.05. The predicted octanol–water partition coefficient (Wildman–Crippen LogP) is 2.43. The Bertz CT molecular complexity index is 622. The number of hydrogen-bond donors (Lipinski definition) is 3. The Hall–Kier alpha value is -1.70. The summed E-state index contributed by atoms with van der Waals surface area (Å²) in [6.45, 7) is 0. The average molecular weight is 343 g/mol. The molecule has 98 valence electrons. The van der Waals surface area contributed by atoms with Crippen LogP contribution in [0.25, 0.3) is 0 Å². The van der Waals surface area contributed by atoms with E-state index in [1.807, 2.05) is 0 Å². The predicted molar refractivity (Wildman–Crippen MR) is 76.9 cm³/mol. The van der Waals surface area contributed by atoms with Crippen molar-refractivity contribution in [3.63, 3.8) is 0 Å². The SMILES string of the molecule is NNc1cncc(C(=O)Nc2ccc(Cl)c(Br)c2)n1. The minimum absolute atomic E-state index is 0.154. The van der Waals surface area contributed by atoms with Crippen LogP contribution in [0.1, 0.15) is 10.5 Å². The molecule has 1 amide bonds. The van der Waals surface area contributed by atoms with Crippen molar-refractivity contribution >= 4 is 44.9 Å². The van der Waals surface area contributed by atoms with Gasteiger partial charge in [0.2, 0.25) is 0 Å². The molecule has 1 aromatic carbocycles. The highest BCUT2D eigenvalue weighted by molar-refractivity contribution is 9.10. The molecule has 0 aliphatic carbocycles. The molecule has 0 saturated heterocycles. The van der Waals surface area contributed by atoms with Crippen LogP contribution in [0.4, 0.5) is 11.5 Å². The monoisotopic (exact) mass is 341 g/mol. The molecule has 0 saturated carbocycles. The van der Waals surface area contributed by atoms with E-state index in [-0.39, 0.29) is 11.6 Å². The number of benzene rings is 1. The summed E-state index contributed by atoms with van der Waals surface area (Å²) in [7, 11) is 0. The highest BCUT2D eigenvalue weighted by Gasteiger charge is 2.09. The van der Waals surface area contributed by atoms with Crippen LogP contribution in [0.5, 0.6) is 0 Å². The zero-order valence-corrected chi connectivity index (χ0v) is 11.9. The van der Waals surface area contributed by atoms with Crippen LogP contribution in [-0.2, 0) is 0 Å². The molecule has 4 N–H and O–H groups in total. The first-order valence-corrected chi connectivity index (χ1v) is 6.32. The van der Waals surface area contributed by atoms with E-state index >= 15 is 0 Å². The number of nitrogens with two attached hydrogens (primary N) is 1. The lowest BCUT2D eigenvalue weighted by Crippen LogP contribution is -2.16. The number of nitrogen functional groups attached to an aromatic ring is 1. The van der Waals surface area contributed by atoms with Gasteiger partial charge in [-0.05, 0) is 34.1 Å². The second-order valence-corrected chi connectivity index (χ2v) is 4.78. The number of hydrogen-bond acceptors (Lipinski definition) is 5. The van der Waals surface area contributed by atoms with E-state index in [1.165, 1.54) is 12.4 Å². The lowest BCUT2D eigenvalue weighted by Gasteiger charge is -2.06. The molecular formula is C11H9BrClN5O. The number of nitrogens with zero attached hydrogens (tertiary/aromatic N) is 2. The van der Waals surface area contributed by atoms with Crippen LogP contribution in [-0.4, -0.2) is 15.9 Å². The summed E-state index contributed by atoms with van der Waals surface area (Å²) in [5, 5.41) is 3.24. The van der Waals surface area contributed by atoms with E-state index in [0.717, 1.165) is 0 Å². The maximum absolute atomic E-state index is 11.9. The Balaban J connectivity index is 2.18. The largest absolute Gasteiger partial charge is 0.321 e. The fourth-order valence-corrected chi connectivity index (χ4v) is 1.81. The van der Waals surface area contributed by atoms with Gasteiger partial charge >= 0.3 is 0 Å². The lowest BCUT2D eigenvalue weighted by molar-refractivity contribution is 0.102. The van der Waals surface area contributed by atoms with Crippen LogP contribution in [0.15, 0.2) is 35.1 Å². The fourth-order valence-electron chi connectivity index (χ4n) is 1.31. The van der Waals surface area contributed by atoms with Crippen molar-refractivity contribution in [3.05, 3.63) is 45.8 Å². The molecule has 1 aromatic heterocycles. The number of hydrazine groups is 1. The van der Waals surface area contributed by atoms with E-state index in [1.54, 1.807) is 18.2 Å². The third kappa shape index (κ3) is 3.40. The first-order valence-electron chi connectivity index (χ1n) is 5.15. The summed E-state index contributed by atoms with van der Waals surface area (Å²) in [6.07, 6.45) is 2.76. The van der Waals surface area contributed by atoms with E-state index in [2.05, 4.69) is 36.6 Å². The average Bonchev–Trinajstić information content (AvgIpc) is 2.43. The maximum atomic E-state index is 11.9. The van der Waals surface area contributed by atoms with Gasteiger partial charge in [-0.1, -0.05) is 11.6 Å². The van der Waals surface area contributed by atoms with Crippen molar-refractivity contribution in [2.75, 3.05) is 10.7 Å². The topological polar surface area (TPSA) is 92.9 Å². The van der Waals surface area contributed by atoms with Crippen molar-refractivity contribution in [2.24, 2.45) is 5.84 Å². The molecular weight excluding hydrogens is 334 g/mol. The van der Waals surface area contributed by atoms with Crippen LogP contribution >= 0.6 is 27.5 Å². The Morgan fingerprint density at radius 2 is 2.16 bits per heavy atom. The van der Waals surface area contributed by atoms with Crippen molar-refractivity contribution in [1.82, 2.24) is 9.97 Å². The summed E-state index contributed by atoms with van der Waals surface area (Å²) in [5.74, 6) is 5.12. The van der Waals surface area contributed by atoms with Gasteiger partial charge in [-0.15, -0.1) is 0 Å². The minimum atomic E-state index is -0.390. The number of rotatable bonds is 3. The Morgan fingerprint density at radius 1 is 1.37 bits per heavy atom.